The maximum atomic E-state index is 6.04. The molecule has 0 aliphatic carbocycles. The van der Waals surface area contributed by atoms with E-state index in [4.69, 9.17) is 5.73 Å². The molecule has 1 aromatic heterocycles. The molecule has 0 spiro atoms. The molecule has 1 aliphatic heterocycles. The van der Waals surface area contributed by atoms with Crippen LogP contribution in [-0.2, 0) is 13.0 Å². The first-order valence-corrected chi connectivity index (χ1v) is 7.84. The van der Waals surface area contributed by atoms with E-state index in [2.05, 4.69) is 57.7 Å². The van der Waals surface area contributed by atoms with Crippen molar-refractivity contribution in [3.05, 3.63) is 58.3 Å². The molecule has 3 rings (SSSR count). The van der Waals surface area contributed by atoms with E-state index in [1.165, 1.54) is 10.4 Å². The van der Waals surface area contributed by atoms with Crippen molar-refractivity contribution in [2.24, 2.45) is 10.7 Å². The zero-order chi connectivity index (χ0) is 13.8. The molecule has 2 N–H and O–H groups in total. The van der Waals surface area contributed by atoms with Crippen molar-refractivity contribution in [2.45, 2.75) is 25.4 Å². The third kappa shape index (κ3) is 3.02. The summed E-state index contributed by atoms with van der Waals surface area (Å²) in [4.78, 5) is 8.00. The van der Waals surface area contributed by atoms with Gasteiger partial charge in [-0.2, -0.15) is 0 Å². The highest BCUT2D eigenvalue weighted by Crippen LogP contribution is 2.20. The van der Waals surface area contributed by atoms with Crippen molar-refractivity contribution < 1.29 is 0 Å². The second kappa shape index (κ2) is 6.09. The van der Waals surface area contributed by atoms with Crippen LogP contribution in [0.4, 0.5) is 0 Å². The van der Waals surface area contributed by atoms with Gasteiger partial charge in [0.15, 0.2) is 5.96 Å². The average molecular weight is 285 g/mol. The predicted octanol–water partition coefficient (Wildman–Crippen LogP) is 2.88. The fourth-order valence-electron chi connectivity index (χ4n) is 2.58. The zero-order valence-electron chi connectivity index (χ0n) is 11.4. The second-order valence-electron chi connectivity index (χ2n) is 5.08. The van der Waals surface area contributed by atoms with E-state index in [1.807, 2.05) is 0 Å². The molecule has 0 saturated carbocycles. The van der Waals surface area contributed by atoms with E-state index in [0.29, 0.717) is 12.0 Å². The Morgan fingerprint density at radius 1 is 1.20 bits per heavy atom. The third-order valence-corrected chi connectivity index (χ3v) is 4.58. The summed E-state index contributed by atoms with van der Waals surface area (Å²) < 4.78 is 0. The molecule has 4 heteroatoms. The molecule has 1 atom stereocenters. The number of rotatable bonds is 5. The summed E-state index contributed by atoms with van der Waals surface area (Å²) in [6, 6.07) is 15.3. The van der Waals surface area contributed by atoms with E-state index in [9.17, 15) is 0 Å². The number of benzene rings is 1. The summed E-state index contributed by atoms with van der Waals surface area (Å²) in [5.74, 6) is 0.691. The molecule has 20 heavy (non-hydrogen) atoms. The van der Waals surface area contributed by atoms with Crippen molar-refractivity contribution in [3.8, 4) is 0 Å². The zero-order valence-corrected chi connectivity index (χ0v) is 12.2. The van der Waals surface area contributed by atoms with Crippen molar-refractivity contribution in [2.75, 3.05) is 6.54 Å². The van der Waals surface area contributed by atoms with Gasteiger partial charge in [0, 0.05) is 4.88 Å². The van der Waals surface area contributed by atoms with E-state index in [-0.39, 0.29) is 0 Å². The van der Waals surface area contributed by atoms with Crippen molar-refractivity contribution >= 4 is 17.3 Å². The molecule has 2 aromatic rings. The largest absolute Gasteiger partial charge is 0.370 e. The Morgan fingerprint density at radius 3 is 2.80 bits per heavy atom. The van der Waals surface area contributed by atoms with Gasteiger partial charge in [-0.1, -0.05) is 36.4 Å². The number of nitrogens with two attached hydrogens (primary N) is 1. The molecule has 2 heterocycles. The van der Waals surface area contributed by atoms with Gasteiger partial charge in [0.2, 0.25) is 0 Å². The monoisotopic (exact) mass is 285 g/mol. The minimum absolute atomic E-state index is 0.428. The highest BCUT2D eigenvalue weighted by atomic mass is 32.1. The number of hydrogen-bond acceptors (Lipinski definition) is 4. The number of hydrogen-bond donors (Lipinski definition) is 1. The lowest BCUT2D eigenvalue weighted by Gasteiger charge is -2.25. The molecule has 0 radical (unpaired) electrons. The van der Waals surface area contributed by atoms with Crippen LogP contribution in [-0.4, -0.2) is 23.4 Å². The van der Waals surface area contributed by atoms with Crippen LogP contribution in [0, 0.1) is 0 Å². The molecule has 0 fully saturated rings. The van der Waals surface area contributed by atoms with Gasteiger partial charge in [0.1, 0.15) is 0 Å². The Morgan fingerprint density at radius 2 is 2.05 bits per heavy atom. The van der Waals surface area contributed by atoms with Crippen LogP contribution in [0.3, 0.4) is 0 Å². The summed E-state index contributed by atoms with van der Waals surface area (Å²) in [7, 11) is 0. The highest BCUT2D eigenvalue weighted by Gasteiger charge is 2.25. The number of thiophene rings is 1. The molecule has 3 nitrogen and oxygen atoms in total. The first-order chi connectivity index (χ1) is 9.83. The van der Waals surface area contributed by atoms with Gasteiger partial charge in [-0.25, -0.2) is 0 Å². The summed E-state index contributed by atoms with van der Waals surface area (Å²) in [6.45, 7) is 1.70. The number of aryl methyl sites for hydroxylation is 1. The standard InChI is InChI=1S/C16H19N3S/c17-16-18-11-14(9-8-13-5-2-1-3-6-13)19(16)12-15-7-4-10-20-15/h1-7,10,14H,8-9,11-12H2,(H2,17,18). The van der Waals surface area contributed by atoms with Crippen molar-refractivity contribution in [1.29, 1.82) is 0 Å². The first-order valence-electron chi connectivity index (χ1n) is 6.96. The van der Waals surface area contributed by atoms with Gasteiger partial charge >= 0.3 is 0 Å². The van der Waals surface area contributed by atoms with Crippen LogP contribution >= 0.6 is 11.3 Å². The Kier molecular flexibility index (Phi) is 4.02. The van der Waals surface area contributed by atoms with Crippen LogP contribution in [0.1, 0.15) is 16.9 Å². The molecule has 1 aliphatic rings. The van der Waals surface area contributed by atoms with E-state index >= 15 is 0 Å². The molecule has 0 saturated heterocycles. The lowest BCUT2D eigenvalue weighted by Crippen LogP contribution is -2.40. The maximum absolute atomic E-state index is 6.04. The number of aliphatic imine (C=N–C) groups is 1. The van der Waals surface area contributed by atoms with E-state index in [0.717, 1.165) is 25.9 Å². The summed E-state index contributed by atoms with van der Waals surface area (Å²) in [6.07, 6.45) is 2.18. The minimum atomic E-state index is 0.428. The molecule has 1 aromatic carbocycles. The Hall–Kier alpha value is -1.81. The molecule has 0 amide bonds. The molecule has 0 bridgehead atoms. The fourth-order valence-corrected chi connectivity index (χ4v) is 3.28. The maximum Gasteiger partial charge on any atom is 0.191 e. The topological polar surface area (TPSA) is 41.6 Å². The summed E-state index contributed by atoms with van der Waals surface area (Å²) >= 11 is 1.78. The van der Waals surface area contributed by atoms with Gasteiger partial charge in [-0.15, -0.1) is 11.3 Å². The van der Waals surface area contributed by atoms with Crippen molar-refractivity contribution in [1.82, 2.24) is 4.90 Å². The normalized spacial score (nSPS) is 18.3. The Balaban J connectivity index is 1.61. The molecule has 1 unspecified atom stereocenters. The fraction of sp³-hybridized carbons (Fsp3) is 0.312. The van der Waals surface area contributed by atoms with Crippen LogP contribution in [0.2, 0.25) is 0 Å². The van der Waals surface area contributed by atoms with Gasteiger partial charge in [0.05, 0.1) is 19.1 Å². The SMILES string of the molecule is NC1=NCC(CCc2ccccc2)N1Cc1cccs1. The number of nitrogens with zero attached hydrogens (tertiary/aromatic N) is 2. The van der Waals surface area contributed by atoms with E-state index in [1.54, 1.807) is 11.3 Å². The summed E-state index contributed by atoms with van der Waals surface area (Å²) in [5.41, 5.74) is 7.42. The minimum Gasteiger partial charge on any atom is -0.370 e. The summed E-state index contributed by atoms with van der Waals surface area (Å²) in [5, 5.41) is 2.11. The first kappa shape index (κ1) is 13.2. The lowest BCUT2D eigenvalue weighted by molar-refractivity contribution is 0.319. The van der Waals surface area contributed by atoms with Crippen LogP contribution in [0.25, 0.3) is 0 Å². The lowest BCUT2D eigenvalue weighted by atomic mass is 10.0. The molecule has 104 valence electrons. The van der Waals surface area contributed by atoms with Crippen molar-refractivity contribution in [3.63, 3.8) is 0 Å². The molecular weight excluding hydrogens is 266 g/mol. The van der Waals surface area contributed by atoms with Crippen LogP contribution in [0.15, 0.2) is 52.8 Å². The highest BCUT2D eigenvalue weighted by molar-refractivity contribution is 7.09. The average Bonchev–Trinajstić information content (AvgIpc) is 3.10. The van der Waals surface area contributed by atoms with Gasteiger partial charge < -0.3 is 10.6 Å². The second-order valence-corrected chi connectivity index (χ2v) is 6.12. The molecular formula is C16H19N3S. The van der Waals surface area contributed by atoms with Crippen LogP contribution < -0.4 is 5.73 Å². The van der Waals surface area contributed by atoms with Gasteiger partial charge in [0.25, 0.3) is 0 Å². The predicted molar refractivity (Wildman–Crippen MR) is 84.9 cm³/mol. The number of guanidine groups is 1. The smallest absolute Gasteiger partial charge is 0.191 e. The third-order valence-electron chi connectivity index (χ3n) is 3.71. The Bertz CT molecular complexity index is 563. The van der Waals surface area contributed by atoms with Gasteiger partial charge in [-0.3, -0.25) is 4.99 Å². The van der Waals surface area contributed by atoms with E-state index < -0.39 is 0 Å². The quantitative estimate of drug-likeness (QED) is 0.918. The van der Waals surface area contributed by atoms with Gasteiger partial charge in [-0.05, 0) is 29.9 Å². The Labute approximate surface area is 123 Å². The van der Waals surface area contributed by atoms with Crippen LogP contribution in [0.5, 0.6) is 0 Å².